The molecule has 1 aromatic rings. The normalized spacial score (nSPS) is 14.3. The standard InChI is InChI=1S/C16H27N3OS/c1-12(2)13-7-6-8-14(11-13)19-15(17)18-9-10-21(20)16(3,4)5/h6-8,11-12H,9-10H2,1-5H3,(H3,17,18,19). The lowest BCUT2D eigenvalue weighted by molar-refractivity contribution is 0.648. The second-order valence-corrected chi connectivity index (χ2v) is 8.66. The summed E-state index contributed by atoms with van der Waals surface area (Å²) in [5.74, 6) is 1.36. The van der Waals surface area contributed by atoms with Gasteiger partial charge < -0.3 is 11.1 Å². The zero-order valence-electron chi connectivity index (χ0n) is 13.6. The van der Waals surface area contributed by atoms with Crippen LogP contribution in [0.2, 0.25) is 0 Å². The van der Waals surface area contributed by atoms with E-state index in [0.29, 0.717) is 24.2 Å². The van der Waals surface area contributed by atoms with E-state index < -0.39 is 10.8 Å². The van der Waals surface area contributed by atoms with E-state index >= 15 is 0 Å². The van der Waals surface area contributed by atoms with Gasteiger partial charge in [0, 0.05) is 27.0 Å². The van der Waals surface area contributed by atoms with Crippen molar-refractivity contribution in [3.63, 3.8) is 0 Å². The van der Waals surface area contributed by atoms with Gasteiger partial charge in [-0.05, 0) is 44.4 Å². The van der Waals surface area contributed by atoms with E-state index in [0.717, 1.165) is 5.69 Å². The summed E-state index contributed by atoms with van der Waals surface area (Å²) in [6, 6.07) is 8.12. The molecule has 1 unspecified atom stereocenters. The Morgan fingerprint density at radius 1 is 1.38 bits per heavy atom. The van der Waals surface area contributed by atoms with Crippen LogP contribution >= 0.6 is 0 Å². The smallest absolute Gasteiger partial charge is 0.193 e. The summed E-state index contributed by atoms with van der Waals surface area (Å²) in [4.78, 5) is 4.24. The Labute approximate surface area is 130 Å². The lowest BCUT2D eigenvalue weighted by Gasteiger charge is -2.16. The molecule has 0 amide bonds. The van der Waals surface area contributed by atoms with Crippen molar-refractivity contribution in [2.75, 3.05) is 17.6 Å². The number of nitrogens with zero attached hydrogens (tertiary/aromatic N) is 1. The van der Waals surface area contributed by atoms with Gasteiger partial charge >= 0.3 is 0 Å². The van der Waals surface area contributed by atoms with Gasteiger partial charge in [-0.25, -0.2) is 0 Å². The van der Waals surface area contributed by atoms with Crippen molar-refractivity contribution in [3.05, 3.63) is 29.8 Å². The van der Waals surface area contributed by atoms with Gasteiger partial charge in [0.2, 0.25) is 0 Å². The van der Waals surface area contributed by atoms with Crippen LogP contribution in [-0.4, -0.2) is 27.2 Å². The largest absolute Gasteiger partial charge is 0.370 e. The molecule has 1 aromatic carbocycles. The highest BCUT2D eigenvalue weighted by atomic mass is 32.2. The molecule has 0 fully saturated rings. The maximum absolute atomic E-state index is 11.9. The first kappa shape index (κ1) is 17.7. The number of rotatable bonds is 5. The third-order valence-electron chi connectivity index (χ3n) is 3.07. The topological polar surface area (TPSA) is 67.5 Å². The van der Waals surface area contributed by atoms with Crippen molar-refractivity contribution in [1.29, 1.82) is 0 Å². The Hall–Kier alpha value is -1.36. The van der Waals surface area contributed by atoms with Crippen molar-refractivity contribution in [1.82, 2.24) is 0 Å². The molecule has 0 spiro atoms. The Morgan fingerprint density at radius 2 is 2.05 bits per heavy atom. The molecule has 4 nitrogen and oxygen atoms in total. The fourth-order valence-corrected chi connectivity index (χ4v) is 2.59. The van der Waals surface area contributed by atoms with Crippen molar-refractivity contribution >= 4 is 22.4 Å². The molecule has 21 heavy (non-hydrogen) atoms. The Kier molecular flexibility index (Phi) is 6.40. The monoisotopic (exact) mass is 309 g/mol. The average molecular weight is 309 g/mol. The van der Waals surface area contributed by atoms with E-state index in [1.165, 1.54) is 5.56 Å². The first-order chi connectivity index (χ1) is 9.70. The van der Waals surface area contributed by atoms with Gasteiger partial charge in [-0.15, -0.1) is 0 Å². The maximum Gasteiger partial charge on any atom is 0.193 e. The molecule has 0 saturated carbocycles. The predicted octanol–water partition coefficient (Wildman–Crippen LogP) is 3.08. The van der Waals surface area contributed by atoms with Crippen molar-refractivity contribution in [3.8, 4) is 0 Å². The van der Waals surface area contributed by atoms with E-state index in [2.05, 4.69) is 36.3 Å². The number of hydrogen-bond donors (Lipinski definition) is 2. The van der Waals surface area contributed by atoms with E-state index in [1.807, 2.05) is 32.9 Å². The van der Waals surface area contributed by atoms with E-state index in [-0.39, 0.29) is 4.75 Å². The summed E-state index contributed by atoms with van der Waals surface area (Å²) in [6.45, 7) is 10.7. The molecule has 1 atom stereocenters. The van der Waals surface area contributed by atoms with Crippen LogP contribution in [0, 0.1) is 0 Å². The highest BCUT2D eigenvalue weighted by Gasteiger charge is 2.18. The zero-order chi connectivity index (χ0) is 16.0. The third-order valence-corrected chi connectivity index (χ3v) is 4.99. The molecule has 1 rings (SSSR count). The molecule has 5 heteroatoms. The maximum atomic E-state index is 11.9. The molecule has 0 saturated heterocycles. The van der Waals surface area contributed by atoms with Crippen molar-refractivity contribution in [2.24, 2.45) is 10.7 Å². The summed E-state index contributed by atoms with van der Waals surface area (Å²) < 4.78 is 11.7. The summed E-state index contributed by atoms with van der Waals surface area (Å²) in [6.07, 6.45) is 0. The Bertz CT molecular complexity index is 518. The average Bonchev–Trinajstić information content (AvgIpc) is 2.37. The van der Waals surface area contributed by atoms with Crippen molar-refractivity contribution < 1.29 is 4.21 Å². The molecule has 3 N–H and O–H groups in total. The molecule has 0 bridgehead atoms. The van der Waals surface area contributed by atoms with Gasteiger partial charge in [-0.2, -0.15) is 0 Å². The minimum Gasteiger partial charge on any atom is -0.370 e. The highest BCUT2D eigenvalue weighted by Crippen LogP contribution is 2.18. The number of anilines is 1. The Balaban J connectivity index is 2.57. The molecular formula is C16H27N3OS. The number of nitrogens with one attached hydrogen (secondary N) is 1. The lowest BCUT2D eigenvalue weighted by Crippen LogP contribution is -2.27. The fraction of sp³-hybridized carbons (Fsp3) is 0.562. The second-order valence-electron chi connectivity index (χ2n) is 6.33. The predicted molar refractivity (Wildman–Crippen MR) is 93.4 cm³/mol. The fourth-order valence-electron chi connectivity index (χ4n) is 1.72. The summed E-state index contributed by atoms with van der Waals surface area (Å²) in [5, 5.41) is 3.08. The number of benzene rings is 1. The SMILES string of the molecule is CC(C)c1cccc(NC(N)=NCCS(=O)C(C)(C)C)c1. The van der Waals surface area contributed by atoms with Crippen LogP contribution in [0.3, 0.4) is 0 Å². The summed E-state index contributed by atoms with van der Waals surface area (Å²) >= 11 is 0. The number of nitrogens with two attached hydrogens (primary N) is 1. The van der Waals surface area contributed by atoms with Crippen LogP contribution in [0.5, 0.6) is 0 Å². The first-order valence-electron chi connectivity index (χ1n) is 7.25. The minimum atomic E-state index is -0.900. The van der Waals surface area contributed by atoms with Crippen molar-refractivity contribution in [2.45, 2.75) is 45.3 Å². The van der Waals surface area contributed by atoms with Crippen LogP contribution in [0.1, 0.15) is 46.1 Å². The Morgan fingerprint density at radius 3 is 2.62 bits per heavy atom. The number of guanidine groups is 1. The first-order valence-corrected chi connectivity index (χ1v) is 8.57. The molecule has 0 aliphatic rings. The summed E-state index contributed by atoms with van der Waals surface area (Å²) in [7, 11) is -0.900. The molecular weight excluding hydrogens is 282 g/mol. The highest BCUT2D eigenvalue weighted by molar-refractivity contribution is 7.86. The zero-order valence-corrected chi connectivity index (χ0v) is 14.5. The van der Waals surface area contributed by atoms with Gasteiger partial charge in [0.15, 0.2) is 5.96 Å². The van der Waals surface area contributed by atoms with Crippen LogP contribution < -0.4 is 11.1 Å². The molecule has 0 radical (unpaired) electrons. The molecule has 118 valence electrons. The van der Waals surface area contributed by atoms with Crippen LogP contribution in [-0.2, 0) is 10.8 Å². The molecule has 0 aliphatic heterocycles. The van der Waals surface area contributed by atoms with Gasteiger partial charge in [0.1, 0.15) is 0 Å². The third kappa shape index (κ3) is 6.29. The lowest BCUT2D eigenvalue weighted by atomic mass is 10.0. The van der Waals surface area contributed by atoms with Crippen LogP contribution in [0.25, 0.3) is 0 Å². The molecule has 0 aliphatic carbocycles. The van der Waals surface area contributed by atoms with Gasteiger partial charge in [-0.1, -0.05) is 26.0 Å². The van der Waals surface area contributed by atoms with Gasteiger partial charge in [0.05, 0.1) is 6.54 Å². The van der Waals surface area contributed by atoms with Crippen LogP contribution in [0.15, 0.2) is 29.3 Å². The summed E-state index contributed by atoms with van der Waals surface area (Å²) in [5.41, 5.74) is 8.05. The van der Waals surface area contributed by atoms with E-state index in [1.54, 1.807) is 0 Å². The van der Waals surface area contributed by atoms with E-state index in [9.17, 15) is 4.21 Å². The van der Waals surface area contributed by atoms with Crippen LogP contribution in [0.4, 0.5) is 5.69 Å². The minimum absolute atomic E-state index is 0.205. The van der Waals surface area contributed by atoms with Gasteiger partial charge in [0.25, 0.3) is 0 Å². The van der Waals surface area contributed by atoms with E-state index in [4.69, 9.17) is 5.73 Å². The molecule has 0 heterocycles. The molecule has 0 aromatic heterocycles. The number of hydrogen-bond acceptors (Lipinski definition) is 2. The number of aliphatic imine (C=N–C) groups is 1. The van der Waals surface area contributed by atoms with Gasteiger partial charge in [-0.3, -0.25) is 9.20 Å². The quantitative estimate of drug-likeness (QED) is 0.649. The second kappa shape index (κ2) is 7.59.